The zero-order chi connectivity index (χ0) is 22.5. The van der Waals surface area contributed by atoms with Crippen molar-refractivity contribution in [2.24, 2.45) is 28.1 Å². The fraction of sp³-hybridized carbons (Fsp3) is 0.926. The molecular weight excluding hydrogens is 324 g/mol. The van der Waals surface area contributed by atoms with Gasteiger partial charge in [0, 0.05) is 0 Å². The van der Waals surface area contributed by atoms with Crippen LogP contribution in [0.2, 0.25) is 0 Å². The largest absolute Gasteiger partial charge is 0.0854 e. The van der Waals surface area contributed by atoms with Crippen LogP contribution in [-0.2, 0) is 0 Å². The van der Waals surface area contributed by atoms with E-state index in [-0.39, 0.29) is 0 Å². The van der Waals surface area contributed by atoms with Gasteiger partial charge in [0.05, 0.1) is 0 Å². The third-order valence-corrected chi connectivity index (χ3v) is 4.25. The van der Waals surface area contributed by atoms with Crippen LogP contribution in [0, 0.1) is 28.1 Å². The van der Waals surface area contributed by atoms with Crippen LogP contribution >= 0.6 is 0 Å². The first-order valence-corrected chi connectivity index (χ1v) is 11.4. The highest BCUT2D eigenvalue weighted by Crippen LogP contribution is 2.25. The van der Waals surface area contributed by atoms with Gasteiger partial charge in [0.2, 0.25) is 0 Å². The zero-order valence-corrected chi connectivity index (χ0v) is 22.3. The van der Waals surface area contributed by atoms with Crippen molar-refractivity contribution in [2.75, 3.05) is 0 Å². The average molecular weight is 383 g/mol. The van der Waals surface area contributed by atoms with Gasteiger partial charge < -0.3 is 0 Å². The maximum atomic E-state index is 2.32. The molecule has 0 fully saturated rings. The average Bonchev–Trinajstić information content (AvgIpc) is 2.41. The lowest BCUT2D eigenvalue weighted by Gasteiger charge is -2.21. The fourth-order valence-corrected chi connectivity index (χ4v) is 2.42. The van der Waals surface area contributed by atoms with E-state index in [9.17, 15) is 0 Å². The highest BCUT2D eigenvalue weighted by atomic mass is 14.2. The van der Waals surface area contributed by atoms with Gasteiger partial charge in [-0.15, -0.1) is 0 Å². The van der Waals surface area contributed by atoms with Crippen LogP contribution < -0.4 is 0 Å². The fourth-order valence-electron chi connectivity index (χ4n) is 2.42. The highest BCUT2D eigenvalue weighted by molar-refractivity contribution is 4.94. The molecule has 0 aliphatic rings. The third kappa shape index (κ3) is 41.3. The Morgan fingerprint density at radius 2 is 1.19 bits per heavy atom. The molecule has 166 valence electrons. The monoisotopic (exact) mass is 382 g/mol. The van der Waals surface area contributed by atoms with Crippen LogP contribution in [0.4, 0.5) is 0 Å². The number of rotatable bonds is 5. The van der Waals surface area contributed by atoms with E-state index in [1.807, 2.05) is 0 Å². The third-order valence-electron chi connectivity index (χ3n) is 4.25. The smallest absolute Gasteiger partial charge is 0.0299 e. The maximum absolute atomic E-state index is 2.32. The Labute approximate surface area is 176 Å². The summed E-state index contributed by atoms with van der Waals surface area (Å²) < 4.78 is 0. The molecule has 27 heavy (non-hydrogen) atoms. The van der Waals surface area contributed by atoms with Crippen LogP contribution in [-0.4, -0.2) is 0 Å². The highest BCUT2D eigenvalue weighted by Gasteiger charge is 2.13. The summed E-state index contributed by atoms with van der Waals surface area (Å²) >= 11 is 0. The summed E-state index contributed by atoms with van der Waals surface area (Å²) in [4.78, 5) is 0. The number of hydrogen-bond donors (Lipinski definition) is 0. The molecule has 0 heterocycles. The standard InChI is InChI=1S/C9H20.C9H18.C9H20/c2*1-8(2)6-7-9(3,4)5;1-6-8(2)7-9(3,4)5/h8H,6-7H2,1-5H3;6H,7H2,1-5H3;8H,6-7H2,1-5H3. The quantitative estimate of drug-likeness (QED) is 0.415. The van der Waals surface area contributed by atoms with E-state index in [2.05, 4.69) is 110 Å². The first kappa shape index (κ1) is 31.4. The van der Waals surface area contributed by atoms with Crippen LogP contribution in [0.3, 0.4) is 0 Å². The van der Waals surface area contributed by atoms with Gasteiger partial charge in [-0.3, -0.25) is 0 Å². The molecule has 0 aromatic rings. The molecule has 0 rings (SSSR count). The first-order chi connectivity index (χ1) is 11.8. The van der Waals surface area contributed by atoms with Gasteiger partial charge in [-0.2, -0.15) is 0 Å². The van der Waals surface area contributed by atoms with Gasteiger partial charge in [0.1, 0.15) is 0 Å². The van der Waals surface area contributed by atoms with E-state index in [0.717, 1.165) is 11.8 Å². The number of hydrogen-bond acceptors (Lipinski definition) is 0. The molecule has 0 radical (unpaired) electrons. The molecule has 0 spiro atoms. The maximum Gasteiger partial charge on any atom is -0.0299 e. The molecule has 0 aliphatic heterocycles. The van der Waals surface area contributed by atoms with Crippen molar-refractivity contribution in [3.8, 4) is 0 Å². The summed E-state index contributed by atoms with van der Waals surface area (Å²) in [6.07, 6.45) is 8.87. The first-order valence-electron chi connectivity index (χ1n) is 11.4. The molecule has 0 nitrogen and oxygen atoms in total. The molecule has 0 aromatic heterocycles. The van der Waals surface area contributed by atoms with E-state index in [1.54, 1.807) is 0 Å². The van der Waals surface area contributed by atoms with Crippen LogP contribution in [0.15, 0.2) is 11.6 Å². The summed E-state index contributed by atoms with van der Waals surface area (Å²) in [5.74, 6) is 1.76. The second-order valence-electron chi connectivity index (χ2n) is 12.8. The van der Waals surface area contributed by atoms with Crippen LogP contribution in [0.1, 0.15) is 136 Å². The summed E-state index contributed by atoms with van der Waals surface area (Å²) in [5.41, 5.74) is 2.93. The van der Waals surface area contributed by atoms with Gasteiger partial charge >= 0.3 is 0 Å². The molecule has 0 amide bonds. The van der Waals surface area contributed by atoms with E-state index < -0.39 is 0 Å². The van der Waals surface area contributed by atoms with Crippen molar-refractivity contribution in [1.82, 2.24) is 0 Å². The minimum absolute atomic E-state index is 0.456. The van der Waals surface area contributed by atoms with Crippen LogP contribution in [0.5, 0.6) is 0 Å². The Morgan fingerprint density at radius 1 is 0.741 bits per heavy atom. The Kier molecular flexibility index (Phi) is 17.1. The second-order valence-corrected chi connectivity index (χ2v) is 12.8. The van der Waals surface area contributed by atoms with Crippen molar-refractivity contribution in [3.05, 3.63) is 11.6 Å². The summed E-state index contributed by atoms with van der Waals surface area (Å²) in [5, 5.41) is 0. The van der Waals surface area contributed by atoms with Gasteiger partial charge in [0.25, 0.3) is 0 Å². The zero-order valence-electron chi connectivity index (χ0n) is 22.3. The van der Waals surface area contributed by atoms with Crippen molar-refractivity contribution in [1.29, 1.82) is 0 Å². The van der Waals surface area contributed by atoms with E-state index >= 15 is 0 Å². The Morgan fingerprint density at radius 3 is 1.30 bits per heavy atom. The predicted octanol–water partition coefficient (Wildman–Crippen LogP) is 10.3. The summed E-state index contributed by atoms with van der Waals surface area (Å²) in [6.45, 7) is 34.0. The molecule has 0 saturated heterocycles. The summed E-state index contributed by atoms with van der Waals surface area (Å²) in [6, 6.07) is 0. The Hall–Kier alpha value is -0.260. The van der Waals surface area contributed by atoms with Gasteiger partial charge in [-0.1, -0.05) is 114 Å². The molecular formula is C27H58. The number of allylic oxidation sites excluding steroid dienone is 2. The lowest BCUT2D eigenvalue weighted by molar-refractivity contribution is 0.302. The van der Waals surface area contributed by atoms with Crippen molar-refractivity contribution >= 4 is 0 Å². The molecule has 0 saturated carbocycles. The van der Waals surface area contributed by atoms with Crippen molar-refractivity contribution in [3.63, 3.8) is 0 Å². The minimum atomic E-state index is 0.456. The molecule has 0 bridgehead atoms. The lowest BCUT2D eigenvalue weighted by Crippen LogP contribution is -2.09. The normalized spacial score (nSPS) is 13.2. The lowest BCUT2D eigenvalue weighted by atomic mass is 9.84. The Bertz CT molecular complexity index is 345. The molecule has 0 aliphatic carbocycles. The van der Waals surface area contributed by atoms with Crippen molar-refractivity contribution in [2.45, 2.75) is 136 Å². The molecule has 1 unspecified atom stereocenters. The van der Waals surface area contributed by atoms with Gasteiger partial charge in [-0.25, -0.2) is 0 Å². The van der Waals surface area contributed by atoms with E-state index in [0.29, 0.717) is 16.2 Å². The Balaban J connectivity index is -0.000000320. The van der Waals surface area contributed by atoms with Crippen molar-refractivity contribution < 1.29 is 0 Å². The molecule has 1 atom stereocenters. The molecule has 0 N–H and O–H groups in total. The molecule has 0 heteroatoms. The van der Waals surface area contributed by atoms with Crippen LogP contribution in [0.25, 0.3) is 0 Å². The minimum Gasteiger partial charge on any atom is -0.0854 e. The second kappa shape index (κ2) is 14.7. The SMILES string of the molecule is CC(C)=CCC(C)(C)C.CC(C)CCC(C)(C)C.CCC(C)CC(C)(C)C. The molecule has 0 aromatic carbocycles. The van der Waals surface area contributed by atoms with Gasteiger partial charge in [-0.05, 0) is 61.2 Å². The topological polar surface area (TPSA) is 0 Å². The van der Waals surface area contributed by atoms with Gasteiger partial charge in [0.15, 0.2) is 0 Å². The summed E-state index contributed by atoms with van der Waals surface area (Å²) in [7, 11) is 0. The van der Waals surface area contributed by atoms with E-state index in [4.69, 9.17) is 0 Å². The van der Waals surface area contributed by atoms with E-state index in [1.165, 1.54) is 37.7 Å². The predicted molar refractivity (Wildman–Crippen MR) is 131 cm³/mol.